The van der Waals surface area contributed by atoms with E-state index in [1.165, 1.54) is 36.4 Å². The van der Waals surface area contributed by atoms with Crippen molar-refractivity contribution in [1.82, 2.24) is 15.0 Å². The molecular formula is C28H24FN3O4. The van der Waals surface area contributed by atoms with Gasteiger partial charge in [-0.15, -0.1) is 0 Å². The van der Waals surface area contributed by atoms with Gasteiger partial charge in [0.15, 0.2) is 5.78 Å². The Bertz CT molecular complexity index is 1620. The zero-order chi connectivity index (χ0) is 25.5. The third kappa shape index (κ3) is 5.90. The molecule has 0 unspecified atom stereocenters. The second-order valence-electron chi connectivity index (χ2n) is 8.07. The minimum absolute atomic E-state index is 0.0315. The Labute approximate surface area is 205 Å². The van der Waals surface area contributed by atoms with E-state index in [0.717, 1.165) is 12.8 Å². The normalized spacial score (nSPS) is 12.1. The number of halogens is 1. The van der Waals surface area contributed by atoms with E-state index in [9.17, 15) is 18.8 Å². The molecule has 2 N–H and O–H groups in total. The summed E-state index contributed by atoms with van der Waals surface area (Å²) in [5, 5.41) is 0.0698. The molecule has 0 aliphatic carbocycles. The SMILES string of the molecule is CCCCOc1cccnc1C=c1[nH]c(=O)c(=Cc2cccc(C(=O)c3ccc(F)cc3)c2)[nH]c1=O. The van der Waals surface area contributed by atoms with Gasteiger partial charge >= 0.3 is 0 Å². The van der Waals surface area contributed by atoms with Gasteiger partial charge in [0.1, 0.15) is 28.0 Å². The number of nitrogens with one attached hydrogen (secondary N) is 2. The van der Waals surface area contributed by atoms with Crippen LogP contribution in [0.2, 0.25) is 0 Å². The van der Waals surface area contributed by atoms with Crippen LogP contribution in [0.5, 0.6) is 5.75 Å². The minimum atomic E-state index is -0.513. The number of hydrogen-bond donors (Lipinski definition) is 2. The van der Waals surface area contributed by atoms with Crippen molar-refractivity contribution in [3.63, 3.8) is 0 Å². The van der Waals surface area contributed by atoms with Crippen molar-refractivity contribution in [3.8, 4) is 5.75 Å². The van der Waals surface area contributed by atoms with Gasteiger partial charge < -0.3 is 14.7 Å². The average Bonchev–Trinajstić information content (AvgIpc) is 2.88. The molecule has 0 bridgehead atoms. The molecule has 8 heteroatoms. The topological polar surface area (TPSA) is 105 Å². The van der Waals surface area contributed by atoms with Crippen LogP contribution in [0.15, 0.2) is 76.4 Å². The van der Waals surface area contributed by atoms with E-state index in [1.54, 1.807) is 42.6 Å². The maximum Gasteiger partial charge on any atom is 0.272 e. The van der Waals surface area contributed by atoms with E-state index in [4.69, 9.17) is 4.74 Å². The van der Waals surface area contributed by atoms with Gasteiger partial charge in [0, 0.05) is 17.3 Å². The molecule has 0 aliphatic heterocycles. The molecule has 0 saturated carbocycles. The summed E-state index contributed by atoms with van der Waals surface area (Å²) in [5.74, 6) is -0.199. The lowest BCUT2D eigenvalue weighted by atomic mass is 10.0. The molecule has 2 aromatic carbocycles. The van der Waals surface area contributed by atoms with Gasteiger partial charge in [-0.05, 0) is 66.6 Å². The third-order valence-corrected chi connectivity index (χ3v) is 5.39. The molecule has 0 saturated heterocycles. The Morgan fingerprint density at radius 3 is 2.39 bits per heavy atom. The second-order valence-corrected chi connectivity index (χ2v) is 8.07. The molecule has 0 aliphatic rings. The lowest BCUT2D eigenvalue weighted by Crippen LogP contribution is -2.46. The number of benzene rings is 2. The van der Waals surface area contributed by atoms with Crippen LogP contribution in [0.4, 0.5) is 4.39 Å². The molecule has 0 spiro atoms. The van der Waals surface area contributed by atoms with Crippen LogP contribution >= 0.6 is 0 Å². The zero-order valence-corrected chi connectivity index (χ0v) is 19.6. The quantitative estimate of drug-likeness (QED) is 0.295. The van der Waals surface area contributed by atoms with Gasteiger partial charge in [0.05, 0.1) is 6.61 Å². The van der Waals surface area contributed by atoms with Crippen molar-refractivity contribution in [1.29, 1.82) is 0 Å². The van der Waals surface area contributed by atoms with E-state index < -0.39 is 16.9 Å². The number of aromatic nitrogens is 3. The van der Waals surface area contributed by atoms with Crippen molar-refractivity contribution in [2.24, 2.45) is 0 Å². The molecule has 7 nitrogen and oxygen atoms in total. The Hall–Kier alpha value is -4.59. The van der Waals surface area contributed by atoms with E-state index in [0.29, 0.717) is 34.7 Å². The molecule has 0 amide bonds. The van der Waals surface area contributed by atoms with Crippen LogP contribution < -0.4 is 26.6 Å². The first-order valence-electron chi connectivity index (χ1n) is 11.5. The lowest BCUT2D eigenvalue weighted by Gasteiger charge is -2.07. The van der Waals surface area contributed by atoms with Crippen molar-refractivity contribution in [2.45, 2.75) is 19.8 Å². The molecule has 0 fully saturated rings. The van der Waals surface area contributed by atoms with Gasteiger partial charge in [-0.3, -0.25) is 19.4 Å². The van der Waals surface area contributed by atoms with Gasteiger partial charge in [-0.25, -0.2) is 4.39 Å². The van der Waals surface area contributed by atoms with Crippen LogP contribution in [0.3, 0.4) is 0 Å². The largest absolute Gasteiger partial charge is 0.491 e. The number of carbonyl (C=O) groups excluding carboxylic acids is 1. The second kappa shape index (κ2) is 11.2. The lowest BCUT2D eigenvalue weighted by molar-refractivity contribution is 0.103. The first kappa shape index (κ1) is 24.5. The number of ketones is 1. The van der Waals surface area contributed by atoms with Crippen LogP contribution in [0.25, 0.3) is 12.2 Å². The number of unbranched alkanes of at least 4 members (excludes halogenated alkanes) is 1. The standard InChI is InChI=1S/C28H24FN3O4/c1-2-3-14-36-25-8-5-13-30-22(25)17-24-28(35)31-23(27(34)32-24)16-18-6-4-7-20(15-18)26(33)19-9-11-21(29)12-10-19/h4-13,15-17H,2-3,14H2,1H3,(H,31,35)(H,32,34). The van der Waals surface area contributed by atoms with Crippen LogP contribution in [-0.4, -0.2) is 27.3 Å². The summed E-state index contributed by atoms with van der Waals surface area (Å²) in [6.07, 6.45) is 6.38. The maximum atomic E-state index is 13.2. The van der Waals surface area contributed by atoms with Crippen LogP contribution in [0.1, 0.15) is 46.9 Å². The van der Waals surface area contributed by atoms with Gasteiger partial charge in [-0.1, -0.05) is 31.5 Å². The number of aromatic amines is 2. The Morgan fingerprint density at radius 1 is 0.944 bits per heavy atom. The monoisotopic (exact) mass is 485 g/mol. The number of hydrogen-bond acceptors (Lipinski definition) is 5. The summed E-state index contributed by atoms with van der Waals surface area (Å²) in [6, 6.07) is 15.3. The van der Waals surface area contributed by atoms with Crippen LogP contribution in [0, 0.1) is 5.82 Å². The van der Waals surface area contributed by atoms with Crippen molar-refractivity contribution < 1.29 is 13.9 Å². The average molecular weight is 486 g/mol. The van der Waals surface area contributed by atoms with E-state index in [1.807, 2.05) is 0 Å². The molecule has 4 rings (SSSR count). The molecule has 2 heterocycles. The highest BCUT2D eigenvalue weighted by molar-refractivity contribution is 6.09. The van der Waals surface area contributed by atoms with E-state index in [-0.39, 0.29) is 16.5 Å². The number of nitrogens with zero attached hydrogens (tertiary/aromatic N) is 1. The summed E-state index contributed by atoms with van der Waals surface area (Å²) >= 11 is 0. The molecule has 36 heavy (non-hydrogen) atoms. The number of carbonyl (C=O) groups is 1. The van der Waals surface area contributed by atoms with Gasteiger partial charge in [-0.2, -0.15) is 0 Å². The maximum absolute atomic E-state index is 13.2. The zero-order valence-electron chi connectivity index (χ0n) is 19.6. The van der Waals surface area contributed by atoms with Crippen molar-refractivity contribution in [3.05, 3.63) is 126 Å². The predicted molar refractivity (Wildman–Crippen MR) is 135 cm³/mol. The fourth-order valence-electron chi connectivity index (χ4n) is 3.50. The minimum Gasteiger partial charge on any atom is -0.491 e. The molecule has 0 radical (unpaired) electrons. The first-order valence-corrected chi connectivity index (χ1v) is 11.5. The number of pyridine rings is 1. The molecule has 2 aromatic heterocycles. The van der Waals surface area contributed by atoms with Crippen molar-refractivity contribution in [2.75, 3.05) is 6.61 Å². The summed E-state index contributed by atoms with van der Waals surface area (Å²) in [5.41, 5.74) is 0.651. The fraction of sp³-hybridized carbons (Fsp3) is 0.143. The smallest absolute Gasteiger partial charge is 0.272 e. The molecule has 4 aromatic rings. The summed E-state index contributed by atoms with van der Waals surface area (Å²) in [6.45, 7) is 2.58. The summed E-state index contributed by atoms with van der Waals surface area (Å²) < 4.78 is 18.9. The summed E-state index contributed by atoms with van der Waals surface area (Å²) in [4.78, 5) is 47.6. The van der Waals surface area contributed by atoms with E-state index in [2.05, 4.69) is 21.9 Å². The highest BCUT2D eigenvalue weighted by Crippen LogP contribution is 2.16. The molecular weight excluding hydrogens is 461 g/mol. The first-order chi connectivity index (χ1) is 17.4. The van der Waals surface area contributed by atoms with Crippen LogP contribution in [-0.2, 0) is 0 Å². The fourth-order valence-corrected chi connectivity index (χ4v) is 3.50. The predicted octanol–water partition coefficient (Wildman–Crippen LogP) is 2.66. The number of rotatable bonds is 8. The Morgan fingerprint density at radius 2 is 1.67 bits per heavy atom. The Kier molecular flexibility index (Phi) is 7.65. The highest BCUT2D eigenvalue weighted by atomic mass is 19.1. The highest BCUT2D eigenvalue weighted by Gasteiger charge is 2.09. The number of ether oxygens (including phenoxy) is 1. The number of H-pyrrole nitrogens is 2. The van der Waals surface area contributed by atoms with Gasteiger partial charge in [0.25, 0.3) is 11.1 Å². The van der Waals surface area contributed by atoms with E-state index >= 15 is 0 Å². The van der Waals surface area contributed by atoms with Gasteiger partial charge in [0.2, 0.25) is 0 Å². The Balaban J connectivity index is 1.67. The third-order valence-electron chi connectivity index (χ3n) is 5.39. The molecule has 182 valence electrons. The molecule has 0 atom stereocenters. The summed E-state index contributed by atoms with van der Waals surface area (Å²) in [7, 11) is 0. The van der Waals surface area contributed by atoms with Crippen molar-refractivity contribution >= 4 is 17.9 Å².